The maximum absolute atomic E-state index is 12.4. The predicted octanol–water partition coefficient (Wildman–Crippen LogP) is -13.8. The summed E-state index contributed by atoms with van der Waals surface area (Å²) in [6.07, 6.45) is -84.3. The molecule has 44 heteroatoms. The minimum absolute atomic E-state index is 0.0780. The van der Waals surface area contributed by atoms with Gasteiger partial charge in [-0.2, -0.15) is 0 Å². The highest BCUT2D eigenvalue weighted by Crippen LogP contribution is 2.40. The van der Waals surface area contributed by atoms with Crippen LogP contribution in [-0.2, 0) is 75.8 Å². The van der Waals surface area contributed by atoms with Gasteiger partial charge >= 0.3 is 11.9 Å². The third-order valence-electron chi connectivity index (χ3n) is 19.8. The summed E-state index contributed by atoms with van der Waals surface area (Å²) in [4.78, 5) is 24.7. The quantitative estimate of drug-likeness (QED) is 0.0835. The van der Waals surface area contributed by atoms with E-state index in [9.17, 15) is 132 Å². The van der Waals surface area contributed by atoms with Crippen molar-refractivity contribution in [2.75, 3.05) is 63.4 Å². The number of carboxylic acids is 2. The molecule has 26 N–H and O–H groups in total. The number of anilines is 2. The molecule has 0 radical (unpaired) electrons. The average Bonchev–Trinajstić information content (AvgIpc) is 0.774. The van der Waals surface area contributed by atoms with Crippen molar-refractivity contribution in [2.24, 2.45) is 0 Å². The molecule has 106 heavy (non-hydrogen) atoms. The minimum Gasteiger partial charge on any atom is -0.478 e. The van der Waals surface area contributed by atoms with Crippen molar-refractivity contribution in [1.82, 2.24) is 0 Å². The van der Waals surface area contributed by atoms with Crippen molar-refractivity contribution in [2.45, 2.75) is 246 Å². The Morgan fingerprint density at radius 2 is 0.406 bits per heavy atom. The van der Waals surface area contributed by atoms with Gasteiger partial charge in [0, 0.05) is 24.5 Å². The molecule has 40 atom stereocenters. The number of aromatic carboxylic acids is 2. The van der Waals surface area contributed by atoms with Crippen LogP contribution in [0.1, 0.15) is 20.7 Å². The Labute approximate surface area is 598 Å². The summed E-state index contributed by atoms with van der Waals surface area (Å²) >= 11 is 0. The van der Waals surface area contributed by atoms with Crippen LogP contribution >= 0.6 is 0 Å². The van der Waals surface area contributed by atoms with E-state index < -0.39 is 310 Å². The summed E-state index contributed by atoms with van der Waals surface area (Å²) < 4.78 is 94.2. The Morgan fingerprint density at radius 3 is 0.575 bits per heavy atom. The highest BCUT2D eigenvalue weighted by Gasteiger charge is 2.61. The third-order valence-corrected chi connectivity index (χ3v) is 19.8. The van der Waals surface area contributed by atoms with Crippen molar-refractivity contribution in [1.29, 1.82) is 0 Å². The molecule has 32 rings (SSSR count). The van der Waals surface area contributed by atoms with Crippen LogP contribution in [0, 0.1) is 0 Å². The molecule has 0 spiro atoms. The first-order valence-electron chi connectivity index (χ1n) is 33.7. The normalized spacial score (nSPS) is 47.8. The fraction of sp³-hybridized carbons (Fsp3) is 0.774. The molecular weight excluding hydrogens is 1440 g/mol. The van der Waals surface area contributed by atoms with Crippen LogP contribution in [0.25, 0.3) is 0 Å². The van der Waals surface area contributed by atoms with Crippen LogP contribution in [0.4, 0.5) is 11.4 Å². The first-order chi connectivity index (χ1) is 50.6. The number of hydrogen-bond donors (Lipinski definition) is 26. The van der Waals surface area contributed by atoms with E-state index in [-0.39, 0.29) is 22.5 Å². The molecule has 0 aromatic heterocycles. The fourth-order valence-electron chi connectivity index (χ4n) is 14.0. The molecular formula is C62H90N2O42. The van der Waals surface area contributed by atoms with E-state index in [1.165, 1.54) is 48.5 Å². The first-order valence-corrected chi connectivity index (χ1v) is 33.7. The maximum atomic E-state index is 12.4. The largest absolute Gasteiger partial charge is 0.478 e. The van der Waals surface area contributed by atoms with Gasteiger partial charge in [0.25, 0.3) is 0 Å². The lowest BCUT2D eigenvalue weighted by Gasteiger charge is -2.51. The second kappa shape index (κ2) is 35.4. The molecule has 2 aromatic carbocycles. The van der Waals surface area contributed by atoms with Gasteiger partial charge in [-0.25, -0.2) is 9.59 Å². The van der Waals surface area contributed by atoms with Crippen molar-refractivity contribution in [3.05, 3.63) is 59.7 Å². The molecule has 0 unspecified atom stereocenters. The molecule has 2 aromatic rings. The number of aliphatic hydroxyl groups is 22. The topological polar surface area (TPSA) is 691 Å². The molecule has 30 aliphatic rings. The Morgan fingerprint density at radius 1 is 0.245 bits per heavy atom. The molecule has 0 amide bonds. The number of carbonyl (C=O) groups is 2. The van der Waals surface area contributed by atoms with Crippen molar-refractivity contribution >= 4 is 23.3 Å². The van der Waals surface area contributed by atoms with Crippen molar-refractivity contribution < 1.29 is 208 Å². The van der Waals surface area contributed by atoms with Gasteiger partial charge in [-0.3, -0.25) is 0 Å². The zero-order chi connectivity index (χ0) is 76.6. The van der Waals surface area contributed by atoms with Crippen LogP contribution in [0.15, 0.2) is 48.5 Å². The van der Waals surface area contributed by atoms with Gasteiger partial charge in [-0.1, -0.05) is 24.3 Å². The average molecular weight is 1540 g/mol. The van der Waals surface area contributed by atoms with Gasteiger partial charge in [0.15, 0.2) is 50.3 Å². The van der Waals surface area contributed by atoms with E-state index in [1.54, 1.807) is 0 Å². The van der Waals surface area contributed by atoms with Crippen LogP contribution in [0.2, 0.25) is 0 Å². The number of rotatable bonds is 14. The smallest absolute Gasteiger partial charge is 0.337 e. The summed E-state index contributed by atoms with van der Waals surface area (Å²) in [5.41, 5.74) is -0.771. The highest BCUT2D eigenvalue weighted by atomic mass is 16.8. The number of benzene rings is 2. The summed E-state index contributed by atoms with van der Waals surface area (Å²) in [6, 6.07) is 10.7. The van der Waals surface area contributed by atoms with E-state index >= 15 is 0 Å². The number of carboxylic acid groups (broad SMARTS) is 2. The summed E-state index contributed by atoms with van der Waals surface area (Å²) in [5, 5.41) is 277. The molecule has 0 saturated carbocycles. The zero-order valence-corrected chi connectivity index (χ0v) is 55.5. The Balaban J connectivity index is 0.909. The summed E-state index contributed by atoms with van der Waals surface area (Å²) in [6.45, 7) is -7.99. The fourth-order valence-corrected chi connectivity index (χ4v) is 14.0. The van der Waals surface area contributed by atoms with Gasteiger partial charge in [-0.05, 0) is 24.3 Å². The van der Waals surface area contributed by atoms with Crippen LogP contribution in [0.5, 0.6) is 0 Å². The van der Waals surface area contributed by atoms with Gasteiger partial charge in [0.2, 0.25) is 0 Å². The van der Waals surface area contributed by atoms with E-state index in [2.05, 4.69) is 10.6 Å². The van der Waals surface area contributed by atoms with Gasteiger partial charge in [0.05, 0.1) is 50.8 Å². The second-order valence-electron chi connectivity index (χ2n) is 26.6. The maximum Gasteiger partial charge on any atom is 0.337 e. The monoisotopic (exact) mass is 1530 g/mol. The van der Waals surface area contributed by atoms with E-state index in [0.717, 1.165) is 0 Å². The minimum atomic E-state index is -2.36. The van der Waals surface area contributed by atoms with E-state index in [0.29, 0.717) is 0 Å². The van der Waals surface area contributed by atoms with Gasteiger partial charge in [0.1, 0.15) is 195 Å². The predicted molar refractivity (Wildman–Crippen MR) is 331 cm³/mol. The SMILES string of the molecule is O=C(O)c1ccccc1NC[C@H]1O[C@@H]2O[C@H]3[C@@H](O)[C@H](O)[C@@H](O[C@H]4[C@@H](O)[C@H](O)[C@@H](O[C@H]5[C@@H](O)[C@@H](O)[C@@H](O[C@H]6[C@H](O)[C@@H](O)[C@@H](O[C@H]7[C@H](O)[C@@H](O)[C@@H](O[C@H]8[C@H](O)[C@@H](O)[C@@H](O[C@H]9[C@H](O)[C@@H](O)[C@@H](O[C@H]1[C@H](O)[C@@H]2O)O[C@@H]9CNc1ccccc1C(=O)O)O[C@@H]8CO)O[C@@H]7CO)O[C@@H]6CO)O[C@@H]5CO)O[C@@H]4CO)O[C@@H]3CO. The Kier molecular flexibility index (Phi) is 27.6. The van der Waals surface area contributed by atoms with Gasteiger partial charge < -0.3 is 209 Å². The number of aliphatic hydroxyl groups excluding tert-OH is 22. The van der Waals surface area contributed by atoms with Crippen LogP contribution < -0.4 is 10.6 Å². The summed E-state index contributed by atoms with van der Waals surface area (Å²) in [7, 11) is 0. The lowest BCUT2D eigenvalue weighted by Crippen LogP contribution is -2.69. The number of hydrogen-bond acceptors (Lipinski definition) is 42. The van der Waals surface area contributed by atoms with E-state index in [1.807, 2.05) is 0 Å². The van der Waals surface area contributed by atoms with Gasteiger partial charge in [-0.15, -0.1) is 0 Å². The number of nitrogens with one attached hydrogen (secondary N) is 2. The molecule has 600 valence electrons. The number of ether oxygens (including phenoxy) is 16. The second-order valence-corrected chi connectivity index (χ2v) is 26.6. The van der Waals surface area contributed by atoms with Crippen LogP contribution in [-0.4, -0.2) is 433 Å². The lowest BCUT2D eigenvalue weighted by molar-refractivity contribution is -0.402. The molecule has 0 aliphatic carbocycles. The first kappa shape index (κ1) is 82.4. The van der Waals surface area contributed by atoms with Crippen molar-refractivity contribution in [3.8, 4) is 0 Å². The Hall–Kier alpha value is -4.54. The third kappa shape index (κ3) is 16.8. The molecule has 30 aliphatic heterocycles. The van der Waals surface area contributed by atoms with Crippen molar-refractivity contribution in [3.63, 3.8) is 0 Å². The molecule has 30 fully saturated rings. The molecule has 16 bridgehead atoms. The lowest BCUT2D eigenvalue weighted by atomic mass is 9.94. The highest BCUT2D eigenvalue weighted by molar-refractivity contribution is 5.94. The number of para-hydroxylation sites is 2. The molecule has 30 heterocycles. The van der Waals surface area contributed by atoms with E-state index in [4.69, 9.17) is 75.8 Å². The Bertz CT molecular complexity index is 3080. The summed E-state index contributed by atoms with van der Waals surface area (Å²) in [5.74, 6) is -2.86. The molecule has 44 nitrogen and oxygen atoms in total. The standard InChI is InChI=1S/C62H90N2O42/c65-11-23-47-32(74)40(82)58(94-23)103-49-25(13-67)96-60(42(84)34(49)76)105-51-27(15-69)98-62(44(86)36(51)78)106-52-28(16-70)97-61(43(85)35(52)77)104-50-26(14-68)95-59(41(83)33(50)75)102-48-24(12-66)93-57(39(81)31(48)73)100-46-22(10-64-20-8-4-2-6-18(20)54(89)90)91-55(37(79)29(46)71)99-45-21(92-56(101-47)38(80)30(45)72)9-63-19-7-3-1-5-17(19)53(87)88/h1-8,21-52,55-86H,9-16H2,(H,87,88)(H,89,90)/t21-,22-,23-,24-,25-,26-,27-,28-,29-,30-,31-,32+,33-,34+,35-,36+,37-,38+,39-,40+,41-,42+,43-,44-,45-,46-,47-,48-,49-,50-,51-,52-,55-,56-,57-,58-,59-,60-,61-,62-/m1/s1. The van der Waals surface area contributed by atoms with Crippen LogP contribution in [0.3, 0.4) is 0 Å². The zero-order valence-electron chi connectivity index (χ0n) is 55.5. The molecule has 30 saturated heterocycles.